The maximum Gasteiger partial charge on any atom is 0.313 e. The van der Waals surface area contributed by atoms with Gasteiger partial charge in [-0.3, -0.25) is 14.4 Å². The lowest BCUT2D eigenvalue weighted by Gasteiger charge is -2.06. The average molecular weight is 256 g/mol. The molecule has 1 fully saturated rings. The molecule has 0 saturated carbocycles. The molecule has 0 bridgehead atoms. The van der Waals surface area contributed by atoms with Crippen LogP contribution in [-0.4, -0.2) is 50.1 Å². The van der Waals surface area contributed by atoms with Crippen LogP contribution >= 0.6 is 0 Å². The van der Waals surface area contributed by atoms with Crippen LogP contribution in [0.2, 0.25) is 0 Å². The lowest BCUT2D eigenvalue weighted by Crippen LogP contribution is -2.17. The first kappa shape index (κ1) is 14.5. The van der Waals surface area contributed by atoms with Gasteiger partial charge in [0.15, 0.2) is 5.78 Å². The molecule has 0 amide bonds. The number of ketones is 2. The van der Waals surface area contributed by atoms with Gasteiger partial charge in [0, 0.05) is 5.57 Å². The number of ether oxygens (including phenoxy) is 3. The van der Waals surface area contributed by atoms with Crippen molar-refractivity contribution < 1.29 is 28.6 Å². The van der Waals surface area contributed by atoms with Gasteiger partial charge in [-0.05, 0) is 6.92 Å². The first-order valence-corrected chi connectivity index (χ1v) is 5.57. The summed E-state index contributed by atoms with van der Waals surface area (Å²) >= 11 is 0. The molecule has 0 aromatic heterocycles. The van der Waals surface area contributed by atoms with Crippen LogP contribution in [0.25, 0.3) is 0 Å². The van der Waals surface area contributed by atoms with E-state index in [-0.39, 0.29) is 43.9 Å². The van der Waals surface area contributed by atoms with Crippen LogP contribution in [-0.2, 0) is 28.6 Å². The minimum atomic E-state index is -0.576. The first-order chi connectivity index (χ1) is 8.50. The summed E-state index contributed by atoms with van der Waals surface area (Å²) in [5.41, 5.74) is 0.340. The van der Waals surface area contributed by atoms with E-state index in [1.165, 1.54) is 6.92 Å². The van der Waals surface area contributed by atoms with E-state index in [1.54, 1.807) is 0 Å². The number of epoxide rings is 1. The molecular weight excluding hydrogens is 240 g/mol. The Balaban J connectivity index is 2.01. The van der Waals surface area contributed by atoms with Crippen LogP contribution in [0, 0.1) is 0 Å². The summed E-state index contributed by atoms with van der Waals surface area (Å²) in [4.78, 5) is 32.9. The second kappa shape index (κ2) is 7.03. The average Bonchev–Trinajstić information content (AvgIpc) is 3.10. The number of rotatable bonds is 9. The number of carbonyl (C=O) groups excluding carboxylic acids is 3. The molecule has 6 nitrogen and oxygen atoms in total. The van der Waals surface area contributed by atoms with Crippen LogP contribution in [0.1, 0.15) is 13.3 Å². The molecule has 1 unspecified atom stereocenters. The van der Waals surface area contributed by atoms with Crippen molar-refractivity contribution in [3.05, 3.63) is 12.2 Å². The molecule has 1 heterocycles. The normalized spacial score (nSPS) is 17.1. The molecule has 100 valence electrons. The molecule has 0 spiro atoms. The van der Waals surface area contributed by atoms with Crippen LogP contribution in [0.3, 0.4) is 0 Å². The van der Waals surface area contributed by atoms with Gasteiger partial charge in [-0.2, -0.15) is 0 Å². The van der Waals surface area contributed by atoms with E-state index in [4.69, 9.17) is 14.2 Å². The minimum absolute atomic E-state index is 0.0491. The van der Waals surface area contributed by atoms with E-state index < -0.39 is 5.97 Å². The zero-order valence-corrected chi connectivity index (χ0v) is 10.3. The fourth-order valence-electron chi connectivity index (χ4n) is 1.16. The Morgan fingerprint density at radius 1 is 1.33 bits per heavy atom. The highest BCUT2D eigenvalue weighted by Gasteiger charge is 2.32. The Labute approximate surface area is 105 Å². The largest absolute Gasteiger partial charge is 0.463 e. The quantitative estimate of drug-likeness (QED) is 0.190. The Hall–Kier alpha value is -1.53. The number of esters is 1. The molecule has 1 atom stereocenters. The van der Waals surface area contributed by atoms with Crippen molar-refractivity contribution in [3.8, 4) is 0 Å². The maximum absolute atomic E-state index is 11.4. The molecule has 0 aromatic rings. The summed E-state index contributed by atoms with van der Waals surface area (Å²) in [6.07, 6.45) is -0.584. The van der Waals surface area contributed by atoms with Crippen molar-refractivity contribution in [3.63, 3.8) is 0 Å². The second-order valence-corrected chi connectivity index (χ2v) is 3.94. The third-order valence-corrected chi connectivity index (χ3v) is 2.13. The van der Waals surface area contributed by atoms with Crippen LogP contribution in [0.15, 0.2) is 12.2 Å². The van der Waals surface area contributed by atoms with E-state index in [1.807, 2.05) is 0 Å². The van der Waals surface area contributed by atoms with Crippen molar-refractivity contribution in [1.82, 2.24) is 0 Å². The predicted octanol–water partition coefficient (Wildman–Crippen LogP) is 0.0494. The smallest absolute Gasteiger partial charge is 0.313 e. The summed E-state index contributed by atoms with van der Waals surface area (Å²) < 4.78 is 14.7. The topological polar surface area (TPSA) is 82.2 Å². The van der Waals surface area contributed by atoms with Gasteiger partial charge < -0.3 is 14.2 Å². The molecular formula is C12H16O6. The van der Waals surface area contributed by atoms with Gasteiger partial charge in [0.2, 0.25) is 0 Å². The van der Waals surface area contributed by atoms with Crippen molar-refractivity contribution in [2.75, 3.05) is 26.4 Å². The second-order valence-electron chi connectivity index (χ2n) is 3.94. The summed E-state index contributed by atoms with van der Waals surface area (Å²) in [5.74, 6) is -0.972. The first-order valence-electron chi connectivity index (χ1n) is 5.57. The summed E-state index contributed by atoms with van der Waals surface area (Å²) in [6, 6.07) is 0. The van der Waals surface area contributed by atoms with Crippen LogP contribution in [0.4, 0.5) is 0 Å². The Morgan fingerprint density at radius 2 is 2.00 bits per heavy atom. The van der Waals surface area contributed by atoms with Gasteiger partial charge in [-0.25, -0.2) is 0 Å². The molecule has 0 radical (unpaired) electrons. The summed E-state index contributed by atoms with van der Waals surface area (Å²) in [7, 11) is 0. The molecule has 1 rings (SSSR count). The zero-order valence-electron chi connectivity index (χ0n) is 10.3. The van der Waals surface area contributed by atoms with E-state index in [2.05, 4.69) is 6.58 Å². The highest BCUT2D eigenvalue weighted by Crippen LogP contribution is 2.14. The van der Waals surface area contributed by atoms with E-state index in [9.17, 15) is 14.4 Å². The monoisotopic (exact) mass is 256 g/mol. The lowest BCUT2D eigenvalue weighted by atomic mass is 10.1. The van der Waals surface area contributed by atoms with Crippen molar-refractivity contribution in [1.29, 1.82) is 0 Å². The Kier molecular flexibility index (Phi) is 5.67. The standard InChI is InChI=1S/C12H16O6/c1-8(12(15)10-7-18-10)6-16-3-4-17-11(14)5-9(2)13/h10H,1,3-7H2,2H3. The third-order valence-electron chi connectivity index (χ3n) is 2.13. The van der Waals surface area contributed by atoms with E-state index in [0.29, 0.717) is 12.2 Å². The van der Waals surface area contributed by atoms with Gasteiger partial charge in [0.05, 0.1) is 19.8 Å². The fourth-order valence-corrected chi connectivity index (χ4v) is 1.16. The molecule has 0 aliphatic carbocycles. The van der Waals surface area contributed by atoms with Crippen LogP contribution in [0.5, 0.6) is 0 Å². The van der Waals surface area contributed by atoms with Gasteiger partial charge in [0.25, 0.3) is 0 Å². The zero-order chi connectivity index (χ0) is 13.5. The molecule has 6 heteroatoms. The maximum atomic E-state index is 11.4. The third kappa shape index (κ3) is 5.70. The van der Waals surface area contributed by atoms with Crippen LogP contribution < -0.4 is 0 Å². The minimum Gasteiger partial charge on any atom is -0.463 e. The predicted molar refractivity (Wildman–Crippen MR) is 61.0 cm³/mol. The molecule has 1 saturated heterocycles. The highest BCUT2D eigenvalue weighted by molar-refractivity contribution is 5.99. The molecule has 1 aliphatic rings. The van der Waals surface area contributed by atoms with Gasteiger partial charge in [-0.1, -0.05) is 6.58 Å². The van der Waals surface area contributed by atoms with E-state index >= 15 is 0 Å². The number of hydrogen-bond donors (Lipinski definition) is 0. The van der Waals surface area contributed by atoms with Crippen molar-refractivity contribution in [2.45, 2.75) is 19.4 Å². The molecule has 0 N–H and O–H groups in total. The van der Waals surface area contributed by atoms with Gasteiger partial charge in [-0.15, -0.1) is 0 Å². The summed E-state index contributed by atoms with van der Waals surface area (Å²) in [5, 5.41) is 0. The Bertz CT molecular complexity index is 356. The van der Waals surface area contributed by atoms with Crippen molar-refractivity contribution >= 4 is 17.5 Å². The fraction of sp³-hybridized carbons (Fsp3) is 0.583. The molecule has 1 aliphatic heterocycles. The van der Waals surface area contributed by atoms with Gasteiger partial charge in [0.1, 0.15) is 24.9 Å². The molecule has 18 heavy (non-hydrogen) atoms. The number of carbonyl (C=O) groups is 3. The van der Waals surface area contributed by atoms with Gasteiger partial charge >= 0.3 is 5.97 Å². The SMILES string of the molecule is C=C(COCCOC(=O)CC(C)=O)C(=O)C1CO1. The number of Topliss-reactive ketones (excluding diaryl/α,β-unsaturated/α-hetero) is 2. The van der Waals surface area contributed by atoms with E-state index in [0.717, 1.165) is 0 Å². The summed E-state index contributed by atoms with van der Waals surface area (Å²) in [6.45, 7) is 5.63. The molecule has 0 aromatic carbocycles. The Morgan fingerprint density at radius 3 is 2.56 bits per heavy atom. The van der Waals surface area contributed by atoms with Crippen molar-refractivity contribution in [2.24, 2.45) is 0 Å². The lowest BCUT2D eigenvalue weighted by molar-refractivity contribution is -0.147. The highest BCUT2D eigenvalue weighted by atomic mass is 16.6. The number of hydrogen-bond acceptors (Lipinski definition) is 6.